The first-order valence-corrected chi connectivity index (χ1v) is 12.3. The van der Waals surface area contributed by atoms with Crippen molar-refractivity contribution in [2.24, 2.45) is 0 Å². The van der Waals surface area contributed by atoms with Gasteiger partial charge < -0.3 is 24.6 Å². The zero-order valence-electron chi connectivity index (χ0n) is 20.4. The monoisotopic (exact) mass is 475 g/mol. The summed E-state index contributed by atoms with van der Waals surface area (Å²) in [5.41, 5.74) is 1.05. The third-order valence-electron chi connectivity index (χ3n) is 5.39. The molecule has 0 bridgehead atoms. The molecular formula is C25H37N3O4S. The summed E-state index contributed by atoms with van der Waals surface area (Å²) in [6.07, 6.45) is 2.59. The summed E-state index contributed by atoms with van der Waals surface area (Å²) in [5, 5.41) is 4.94. The van der Waals surface area contributed by atoms with Gasteiger partial charge in [0.05, 0.1) is 20.8 Å². The van der Waals surface area contributed by atoms with E-state index in [-0.39, 0.29) is 24.5 Å². The predicted octanol–water partition coefficient (Wildman–Crippen LogP) is 4.56. The van der Waals surface area contributed by atoms with E-state index in [1.807, 2.05) is 54.5 Å². The Hall–Kier alpha value is -2.74. The fourth-order valence-electron chi connectivity index (χ4n) is 3.39. The SMILES string of the molecule is CCCCNC(=O)N(CC(=O)N(CCc1ccc(OC)c(OC)c1)Cc1cccs1)C(C)C. The number of carbonyl (C=O) groups excluding carboxylic acids is 2. The van der Waals surface area contributed by atoms with Crippen LogP contribution in [0.3, 0.4) is 0 Å². The average Bonchev–Trinajstić information content (AvgIpc) is 3.32. The predicted molar refractivity (Wildman–Crippen MR) is 133 cm³/mol. The van der Waals surface area contributed by atoms with Gasteiger partial charge in [0.15, 0.2) is 11.5 Å². The van der Waals surface area contributed by atoms with Crippen molar-refractivity contribution in [3.63, 3.8) is 0 Å². The van der Waals surface area contributed by atoms with Gasteiger partial charge in [-0.15, -0.1) is 11.3 Å². The number of thiophene rings is 1. The fourth-order valence-corrected chi connectivity index (χ4v) is 4.11. The van der Waals surface area contributed by atoms with Gasteiger partial charge in [0.25, 0.3) is 0 Å². The normalized spacial score (nSPS) is 10.7. The minimum atomic E-state index is -0.192. The second-order valence-electron chi connectivity index (χ2n) is 8.14. The molecule has 8 heteroatoms. The molecule has 0 aliphatic rings. The summed E-state index contributed by atoms with van der Waals surface area (Å²) in [5.74, 6) is 1.28. The molecule has 0 atom stereocenters. The molecule has 1 heterocycles. The summed E-state index contributed by atoms with van der Waals surface area (Å²) in [7, 11) is 3.22. The summed E-state index contributed by atoms with van der Waals surface area (Å²) in [6, 6.07) is 9.54. The largest absolute Gasteiger partial charge is 0.493 e. The maximum absolute atomic E-state index is 13.3. The van der Waals surface area contributed by atoms with Crippen LogP contribution in [0.15, 0.2) is 35.7 Å². The summed E-state index contributed by atoms with van der Waals surface area (Å²) < 4.78 is 10.7. The first kappa shape index (κ1) is 26.5. The Balaban J connectivity index is 2.11. The lowest BCUT2D eigenvalue weighted by atomic mass is 10.1. The highest BCUT2D eigenvalue weighted by molar-refractivity contribution is 7.09. The van der Waals surface area contributed by atoms with Crippen LogP contribution < -0.4 is 14.8 Å². The third kappa shape index (κ3) is 8.28. The van der Waals surface area contributed by atoms with Crippen LogP contribution in [-0.2, 0) is 17.8 Å². The van der Waals surface area contributed by atoms with Crippen molar-refractivity contribution in [1.29, 1.82) is 0 Å². The summed E-state index contributed by atoms with van der Waals surface area (Å²) in [4.78, 5) is 30.5. The Bertz CT molecular complexity index is 871. The molecule has 0 saturated carbocycles. The molecule has 0 saturated heterocycles. The molecule has 33 heavy (non-hydrogen) atoms. The van der Waals surface area contributed by atoms with E-state index in [1.165, 1.54) is 0 Å². The molecule has 7 nitrogen and oxygen atoms in total. The van der Waals surface area contributed by atoms with Gasteiger partial charge in [0.2, 0.25) is 5.91 Å². The van der Waals surface area contributed by atoms with Crippen LogP contribution in [0.4, 0.5) is 4.79 Å². The van der Waals surface area contributed by atoms with Crippen LogP contribution in [-0.4, -0.2) is 61.6 Å². The van der Waals surface area contributed by atoms with Crippen molar-refractivity contribution in [1.82, 2.24) is 15.1 Å². The number of ether oxygens (including phenoxy) is 2. The molecule has 0 spiro atoms. The molecule has 0 aliphatic heterocycles. The van der Waals surface area contributed by atoms with Crippen LogP contribution in [0.1, 0.15) is 44.1 Å². The lowest BCUT2D eigenvalue weighted by molar-refractivity contribution is -0.132. The Morgan fingerprint density at radius 3 is 2.48 bits per heavy atom. The van der Waals surface area contributed by atoms with Gasteiger partial charge in [0.1, 0.15) is 6.54 Å². The lowest BCUT2D eigenvalue weighted by Crippen LogP contribution is -2.49. The smallest absolute Gasteiger partial charge is 0.318 e. The second kappa shape index (κ2) is 13.7. The van der Waals surface area contributed by atoms with Gasteiger partial charge in [-0.1, -0.05) is 25.5 Å². The molecule has 1 N–H and O–H groups in total. The Labute approximate surface area is 201 Å². The van der Waals surface area contributed by atoms with Crippen LogP contribution in [0, 0.1) is 0 Å². The van der Waals surface area contributed by atoms with Gasteiger partial charge in [-0.05, 0) is 55.8 Å². The average molecular weight is 476 g/mol. The second-order valence-corrected chi connectivity index (χ2v) is 9.17. The first-order chi connectivity index (χ1) is 15.9. The number of nitrogens with zero attached hydrogens (tertiary/aromatic N) is 2. The highest BCUT2D eigenvalue weighted by Crippen LogP contribution is 2.28. The molecule has 0 aliphatic carbocycles. The maximum atomic E-state index is 13.3. The van der Waals surface area contributed by atoms with Crippen molar-refractivity contribution < 1.29 is 19.1 Å². The van der Waals surface area contributed by atoms with Crippen molar-refractivity contribution in [2.75, 3.05) is 33.9 Å². The minimum absolute atomic E-state index is 0.0485. The van der Waals surface area contributed by atoms with E-state index in [0.29, 0.717) is 37.6 Å². The number of amides is 3. The van der Waals surface area contributed by atoms with E-state index >= 15 is 0 Å². The van der Waals surface area contributed by atoms with Crippen LogP contribution in [0.25, 0.3) is 0 Å². The topological polar surface area (TPSA) is 71.1 Å². The van der Waals surface area contributed by atoms with E-state index in [1.54, 1.807) is 30.5 Å². The number of hydrogen-bond donors (Lipinski definition) is 1. The van der Waals surface area contributed by atoms with Crippen molar-refractivity contribution in [3.8, 4) is 11.5 Å². The molecule has 182 valence electrons. The quantitative estimate of drug-likeness (QED) is 0.431. The molecular weight excluding hydrogens is 438 g/mol. The number of unbranched alkanes of at least 4 members (excludes halogenated alkanes) is 1. The van der Waals surface area contributed by atoms with Crippen LogP contribution >= 0.6 is 11.3 Å². The zero-order chi connectivity index (χ0) is 24.2. The van der Waals surface area contributed by atoms with Crippen molar-refractivity contribution in [3.05, 3.63) is 46.2 Å². The number of methoxy groups -OCH3 is 2. The van der Waals surface area contributed by atoms with E-state index in [9.17, 15) is 9.59 Å². The van der Waals surface area contributed by atoms with Crippen LogP contribution in [0.5, 0.6) is 11.5 Å². The molecule has 0 fully saturated rings. The molecule has 2 aromatic rings. The molecule has 0 unspecified atom stereocenters. The van der Waals surface area contributed by atoms with E-state index in [4.69, 9.17) is 9.47 Å². The highest BCUT2D eigenvalue weighted by atomic mass is 32.1. The number of nitrogens with one attached hydrogen (secondary N) is 1. The number of rotatable bonds is 13. The van der Waals surface area contributed by atoms with E-state index in [2.05, 4.69) is 12.2 Å². The van der Waals surface area contributed by atoms with Crippen molar-refractivity contribution in [2.45, 2.75) is 52.6 Å². The van der Waals surface area contributed by atoms with Gasteiger partial charge in [-0.3, -0.25) is 4.79 Å². The number of urea groups is 1. The molecule has 0 radical (unpaired) electrons. The van der Waals surface area contributed by atoms with Gasteiger partial charge in [0, 0.05) is 24.0 Å². The zero-order valence-corrected chi connectivity index (χ0v) is 21.2. The molecule has 1 aromatic heterocycles. The van der Waals surface area contributed by atoms with Gasteiger partial charge in [-0.2, -0.15) is 0 Å². The van der Waals surface area contributed by atoms with Crippen LogP contribution in [0.2, 0.25) is 0 Å². The Morgan fingerprint density at radius 1 is 1.12 bits per heavy atom. The summed E-state index contributed by atoms with van der Waals surface area (Å²) in [6.45, 7) is 7.66. The van der Waals surface area contributed by atoms with E-state index < -0.39 is 0 Å². The third-order valence-corrected chi connectivity index (χ3v) is 6.26. The Morgan fingerprint density at radius 2 is 1.88 bits per heavy atom. The molecule has 1 aromatic carbocycles. The number of carbonyl (C=O) groups is 2. The molecule has 2 rings (SSSR count). The maximum Gasteiger partial charge on any atom is 0.318 e. The highest BCUT2D eigenvalue weighted by Gasteiger charge is 2.23. The Kier molecular flexibility index (Phi) is 11.0. The fraction of sp³-hybridized carbons (Fsp3) is 0.520. The summed E-state index contributed by atoms with van der Waals surface area (Å²) >= 11 is 1.62. The number of benzene rings is 1. The van der Waals surface area contributed by atoms with Gasteiger partial charge >= 0.3 is 6.03 Å². The minimum Gasteiger partial charge on any atom is -0.493 e. The standard InChI is InChI=1S/C25H37N3O4S/c1-6-7-13-26-25(30)28(19(2)3)18-24(29)27(17-21-9-8-15-33-21)14-12-20-10-11-22(31-4)23(16-20)32-5/h8-11,15-16,19H,6-7,12-14,17-18H2,1-5H3,(H,26,30). The number of hydrogen-bond acceptors (Lipinski definition) is 5. The van der Waals surface area contributed by atoms with E-state index in [0.717, 1.165) is 23.3 Å². The molecule has 3 amide bonds. The van der Waals surface area contributed by atoms with Crippen molar-refractivity contribution >= 4 is 23.3 Å². The van der Waals surface area contributed by atoms with Gasteiger partial charge in [-0.25, -0.2) is 4.79 Å². The first-order valence-electron chi connectivity index (χ1n) is 11.4. The lowest BCUT2D eigenvalue weighted by Gasteiger charge is -2.30.